The molecule has 3 N–H and O–H groups in total. The number of hydrogen-bond donors (Lipinski definition) is 3. The first kappa shape index (κ1) is 29.2. The monoisotopic (exact) mass is 631 g/mol. The predicted octanol–water partition coefficient (Wildman–Crippen LogP) is 4.13. The van der Waals surface area contributed by atoms with Gasteiger partial charge in [-0.05, 0) is 73.2 Å². The second kappa shape index (κ2) is 12.0. The Kier molecular flexibility index (Phi) is 7.97. The van der Waals surface area contributed by atoms with E-state index < -0.39 is 40.8 Å². The summed E-state index contributed by atoms with van der Waals surface area (Å²) < 4.78 is 10.8. The van der Waals surface area contributed by atoms with Crippen molar-refractivity contribution in [2.45, 2.75) is 23.1 Å². The maximum atomic E-state index is 14.0. The summed E-state index contributed by atoms with van der Waals surface area (Å²) in [7, 11) is 0. The first-order valence-corrected chi connectivity index (χ1v) is 15.3. The summed E-state index contributed by atoms with van der Waals surface area (Å²) in [6.45, 7) is 1.62. The summed E-state index contributed by atoms with van der Waals surface area (Å²) in [6, 6.07) is 19.0. The number of thiazole rings is 1. The van der Waals surface area contributed by atoms with Gasteiger partial charge >= 0.3 is 10.8 Å². The van der Waals surface area contributed by atoms with Crippen LogP contribution in [0.5, 0.6) is 11.5 Å². The van der Waals surface area contributed by atoms with E-state index >= 15 is 0 Å². The van der Waals surface area contributed by atoms with Gasteiger partial charge in [-0.25, -0.2) is 9.69 Å². The SMILES string of the molecule is CCOC(=O)c1ccc(N2C(=O)C3Sc4[nH]c(=O)sc4C(c4cccc(OCC(=O)Nc5ccc(O)cc5)c4)C3C2=O)cc1. The van der Waals surface area contributed by atoms with Crippen LogP contribution in [0.3, 0.4) is 0 Å². The molecule has 11 nitrogen and oxygen atoms in total. The van der Waals surface area contributed by atoms with Crippen molar-refractivity contribution in [1.82, 2.24) is 4.98 Å². The van der Waals surface area contributed by atoms with Crippen LogP contribution < -0.4 is 19.8 Å². The summed E-state index contributed by atoms with van der Waals surface area (Å²) in [4.78, 5) is 68.9. The van der Waals surface area contributed by atoms with Crippen LogP contribution >= 0.6 is 23.1 Å². The molecule has 0 bridgehead atoms. The molecular weight excluding hydrogens is 606 g/mol. The Bertz CT molecular complexity index is 1820. The molecule has 3 unspecified atom stereocenters. The minimum absolute atomic E-state index is 0.0764. The van der Waals surface area contributed by atoms with Crippen LogP contribution in [0.15, 0.2) is 82.6 Å². The molecule has 1 fully saturated rings. The van der Waals surface area contributed by atoms with E-state index in [0.29, 0.717) is 38.2 Å². The summed E-state index contributed by atoms with van der Waals surface area (Å²) in [6.07, 6.45) is 0. The van der Waals surface area contributed by atoms with Crippen LogP contribution in [0, 0.1) is 5.92 Å². The van der Waals surface area contributed by atoms with Gasteiger partial charge in [0.2, 0.25) is 11.8 Å². The number of amides is 3. The van der Waals surface area contributed by atoms with Crippen molar-refractivity contribution in [3.05, 3.63) is 98.5 Å². The highest BCUT2D eigenvalue weighted by atomic mass is 32.2. The summed E-state index contributed by atoms with van der Waals surface area (Å²) in [5.74, 6) is -2.77. The molecule has 6 rings (SSSR count). The minimum Gasteiger partial charge on any atom is -0.508 e. The van der Waals surface area contributed by atoms with Gasteiger partial charge in [0.05, 0.1) is 28.8 Å². The third-order valence-corrected chi connectivity index (χ3v) is 9.60. The van der Waals surface area contributed by atoms with Crippen molar-refractivity contribution < 1.29 is 33.8 Å². The van der Waals surface area contributed by atoms with Gasteiger partial charge in [0.25, 0.3) is 5.91 Å². The zero-order chi connectivity index (χ0) is 31.0. The van der Waals surface area contributed by atoms with E-state index in [4.69, 9.17) is 9.47 Å². The molecule has 1 saturated heterocycles. The molecule has 3 aromatic carbocycles. The Morgan fingerprint density at radius 2 is 1.75 bits per heavy atom. The van der Waals surface area contributed by atoms with E-state index in [1.165, 1.54) is 36.4 Å². The van der Waals surface area contributed by atoms with Crippen molar-refractivity contribution in [2.24, 2.45) is 5.92 Å². The Hall–Kier alpha value is -4.88. The average Bonchev–Trinajstić information content (AvgIpc) is 3.51. The van der Waals surface area contributed by atoms with Crippen molar-refractivity contribution in [1.29, 1.82) is 0 Å². The van der Waals surface area contributed by atoms with Gasteiger partial charge in [-0.1, -0.05) is 35.2 Å². The number of nitrogens with one attached hydrogen (secondary N) is 2. The number of thioether (sulfide) groups is 1. The summed E-state index contributed by atoms with van der Waals surface area (Å²) in [5, 5.41) is 11.8. The number of anilines is 2. The zero-order valence-corrected chi connectivity index (χ0v) is 24.8. The lowest BCUT2D eigenvalue weighted by atomic mass is 9.83. The largest absolute Gasteiger partial charge is 0.508 e. The number of hydrogen-bond acceptors (Lipinski definition) is 10. The van der Waals surface area contributed by atoms with E-state index in [1.807, 2.05) is 0 Å². The smallest absolute Gasteiger partial charge is 0.338 e. The number of aromatic nitrogens is 1. The number of ether oxygens (including phenoxy) is 2. The van der Waals surface area contributed by atoms with Gasteiger partial charge in [-0.3, -0.25) is 19.2 Å². The Morgan fingerprint density at radius 1 is 1.00 bits per heavy atom. The second-order valence-electron chi connectivity index (χ2n) is 9.99. The van der Waals surface area contributed by atoms with Crippen molar-refractivity contribution in [3.8, 4) is 11.5 Å². The fourth-order valence-corrected chi connectivity index (χ4v) is 7.80. The Morgan fingerprint density at radius 3 is 2.48 bits per heavy atom. The lowest BCUT2D eigenvalue weighted by Crippen LogP contribution is -2.32. The quantitative estimate of drug-likeness (QED) is 0.148. The fourth-order valence-electron chi connectivity index (χ4n) is 5.28. The van der Waals surface area contributed by atoms with Gasteiger partial charge < -0.3 is 24.9 Å². The van der Waals surface area contributed by atoms with E-state index in [-0.39, 0.29) is 23.8 Å². The number of phenols is 1. The predicted molar refractivity (Wildman–Crippen MR) is 163 cm³/mol. The topological polar surface area (TPSA) is 155 Å². The minimum atomic E-state index is -0.816. The van der Waals surface area contributed by atoms with Crippen molar-refractivity contribution in [2.75, 3.05) is 23.4 Å². The molecule has 0 radical (unpaired) electrons. The molecule has 3 atom stereocenters. The van der Waals surface area contributed by atoms with Crippen LogP contribution in [0.4, 0.5) is 11.4 Å². The van der Waals surface area contributed by atoms with E-state index in [2.05, 4.69) is 10.3 Å². The average molecular weight is 632 g/mol. The first-order chi connectivity index (χ1) is 21.2. The number of carbonyl (C=O) groups is 4. The molecule has 1 aromatic heterocycles. The molecule has 0 spiro atoms. The molecule has 0 aliphatic carbocycles. The molecule has 0 saturated carbocycles. The van der Waals surface area contributed by atoms with E-state index in [0.717, 1.165) is 28.0 Å². The number of benzene rings is 3. The van der Waals surface area contributed by atoms with Crippen LogP contribution in [0.1, 0.15) is 33.6 Å². The number of carbonyl (C=O) groups excluding carboxylic acids is 4. The number of nitrogens with zero attached hydrogens (tertiary/aromatic N) is 1. The highest BCUT2D eigenvalue weighted by molar-refractivity contribution is 8.00. The molecule has 13 heteroatoms. The highest BCUT2D eigenvalue weighted by Gasteiger charge is 2.56. The number of esters is 1. The summed E-state index contributed by atoms with van der Waals surface area (Å²) >= 11 is 2.15. The molecule has 224 valence electrons. The molecule has 3 heterocycles. The molecule has 2 aliphatic rings. The number of rotatable bonds is 8. The van der Waals surface area contributed by atoms with Crippen LogP contribution in [0.2, 0.25) is 0 Å². The molecule has 44 heavy (non-hydrogen) atoms. The van der Waals surface area contributed by atoms with Gasteiger partial charge in [-0.15, -0.1) is 0 Å². The number of aromatic amines is 1. The van der Waals surface area contributed by atoms with Gasteiger partial charge in [-0.2, -0.15) is 0 Å². The number of fused-ring (bicyclic) bond motifs is 2. The van der Waals surface area contributed by atoms with E-state index in [1.54, 1.807) is 43.3 Å². The van der Waals surface area contributed by atoms with Crippen molar-refractivity contribution in [3.63, 3.8) is 0 Å². The second-order valence-corrected chi connectivity index (χ2v) is 12.2. The summed E-state index contributed by atoms with van der Waals surface area (Å²) in [5.41, 5.74) is 1.77. The van der Waals surface area contributed by atoms with Crippen LogP contribution in [0.25, 0.3) is 0 Å². The normalized spacial score (nSPS) is 18.8. The number of aromatic hydroxyl groups is 1. The number of H-pyrrole nitrogens is 1. The number of phenolic OH excluding ortho intramolecular Hbond substituents is 1. The maximum Gasteiger partial charge on any atom is 0.338 e. The fraction of sp³-hybridized carbons (Fsp3) is 0.194. The van der Waals surface area contributed by atoms with E-state index in [9.17, 15) is 29.1 Å². The zero-order valence-electron chi connectivity index (χ0n) is 23.1. The van der Waals surface area contributed by atoms with Crippen LogP contribution in [-0.4, -0.2) is 52.2 Å². The van der Waals surface area contributed by atoms with Gasteiger partial charge in [0, 0.05) is 16.5 Å². The standard InChI is InChI=1S/C31H25N3O8S2/c1-2-41-30(39)16-6-10-19(11-7-16)34-28(37)24-23(25-27(33-31(40)44-25)43-26(24)29(34)38)17-4-3-5-21(14-17)42-15-22(36)32-18-8-12-20(35)13-9-18/h3-14,23-24,26,35H,2,15H2,1H3,(H,32,36)(H,33,40). The lowest BCUT2D eigenvalue weighted by Gasteiger charge is -2.30. The third-order valence-electron chi connectivity index (χ3n) is 7.20. The van der Waals surface area contributed by atoms with Crippen molar-refractivity contribution >= 4 is 58.2 Å². The van der Waals surface area contributed by atoms with Gasteiger partial charge in [0.1, 0.15) is 16.7 Å². The highest BCUT2D eigenvalue weighted by Crippen LogP contribution is 2.53. The number of imide groups is 1. The molecular formula is C31H25N3O8S2. The van der Waals surface area contributed by atoms with Gasteiger partial charge in [0.15, 0.2) is 6.61 Å². The Labute approximate surface area is 258 Å². The lowest BCUT2D eigenvalue weighted by molar-refractivity contribution is -0.122. The molecule has 4 aromatic rings. The molecule has 2 aliphatic heterocycles. The first-order valence-electron chi connectivity index (χ1n) is 13.6. The molecule has 3 amide bonds. The maximum absolute atomic E-state index is 14.0. The third kappa shape index (κ3) is 5.58. The Balaban J connectivity index is 1.26. The van der Waals surface area contributed by atoms with Crippen LogP contribution in [-0.2, 0) is 19.1 Å².